The molecule has 0 amide bonds. The third kappa shape index (κ3) is 4.84. The Morgan fingerprint density at radius 3 is 2.63 bits per heavy atom. The molecule has 1 aromatic rings. The van der Waals surface area contributed by atoms with Crippen molar-refractivity contribution in [3.63, 3.8) is 0 Å². The van der Waals surface area contributed by atoms with Crippen molar-refractivity contribution in [3.8, 4) is 0 Å². The lowest BCUT2D eigenvalue weighted by Gasteiger charge is -2.26. The topological polar surface area (TPSA) is 24.5 Å². The van der Waals surface area contributed by atoms with Crippen LogP contribution in [0.2, 0.25) is 0 Å². The molecule has 108 valence electrons. The van der Waals surface area contributed by atoms with Crippen molar-refractivity contribution in [2.45, 2.75) is 32.7 Å². The molecule has 0 radical (unpaired) electrons. The molecule has 0 aromatic heterocycles. The van der Waals surface area contributed by atoms with Crippen LogP contribution in [-0.4, -0.2) is 33.9 Å². The Labute approximate surface area is 118 Å². The molecule has 1 unspecified atom stereocenters. The molecule has 0 fully saturated rings. The maximum Gasteiger partial charge on any atom is 0.0479 e. The molecule has 0 saturated heterocycles. The molecule has 0 saturated carbocycles. The van der Waals surface area contributed by atoms with E-state index in [0.29, 0.717) is 6.04 Å². The molecule has 1 rings (SSSR count). The van der Waals surface area contributed by atoms with Crippen LogP contribution in [0.25, 0.3) is 0 Å². The summed E-state index contributed by atoms with van der Waals surface area (Å²) in [5.74, 6) is 0. The van der Waals surface area contributed by atoms with Crippen molar-refractivity contribution in [1.82, 2.24) is 5.32 Å². The molecule has 0 spiro atoms. The molecular formula is C16H28N2O. The van der Waals surface area contributed by atoms with Gasteiger partial charge >= 0.3 is 0 Å². The summed E-state index contributed by atoms with van der Waals surface area (Å²) in [5, 5.41) is 3.56. The first kappa shape index (κ1) is 16.0. The minimum Gasteiger partial charge on any atom is -0.385 e. The van der Waals surface area contributed by atoms with Gasteiger partial charge in [0.25, 0.3) is 0 Å². The maximum atomic E-state index is 5.13. The van der Waals surface area contributed by atoms with Crippen molar-refractivity contribution in [3.05, 3.63) is 29.8 Å². The molecule has 0 aliphatic carbocycles. The van der Waals surface area contributed by atoms with Crippen LogP contribution in [0.3, 0.4) is 0 Å². The van der Waals surface area contributed by atoms with Gasteiger partial charge in [0.15, 0.2) is 0 Å². The normalized spacial score (nSPS) is 12.4. The average Bonchev–Trinajstić information content (AvgIpc) is 2.45. The van der Waals surface area contributed by atoms with E-state index in [2.05, 4.69) is 55.4 Å². The number of hydrogen-bond donors (Lipinski definition) is 1. The zero-order valence-electron chi connectivity index (χ0n) is 12.8. The smallest absolute Gasteiger partial charge is 0.0479 e. The third-order valence-electron chi connectivity index (χ3n) is 3.42. The number of rotatable bonds is 9. The van der Waals surface area contributed by atoms with Crippen molar-refractivity contribution in [2.24, 2.45) is 0 Å². The van der Waals surface area contributed by atoms with E-state index in [4.69, 9.17) is 4.74 Å². The zero-order chi connectivity index (χ0) is 14.1. The minimum absolute atomic E-state index is 0.436. The second-order valence-corrected chi connectivity index (χ2v) is 4.85. The first-order chi connectivity index (χ1) is 9.24. The van der Waals surface area contributed by atoms with Crippen LogP contribution in [0.15, 0.2) is 24.3 Å². The molecular weight excluding hydrogens is 236 g/mol. The maximum absolute atomic E-state index is 5.13. The lowest BCUT2D eigenvalue weighted by molar-refractivity contribution is 0.196. The molecule has 0 aliphatic heterocycles. The minimum atomic E-state index is 0.436. The number of benzene rings is 1. The largest absolute Gasteiger partial charge is 0.385 e. The summed E-state index contributed by atoms with van der Waals surface area (Å²) in [5.41, 5.74) is 2.72. The first-order valence-corrected chi connectivity index (χ1v) is 7.26. The van der Waals surface area contributed by atoms with Crippen molar-refractivity contribution in [2.75, 3.05) is 38.8 Å². The van der Waals surface area contributed by atoms with Gasteiger partial charge in [-0.05, 0) is 31.0 Å². The molecule has 0 heterocycles. The van der Waals surface area contributed by atoms with E-state index in [1.807, 2.05) is 0 Å². The first-order valence-electron chi connectivity index (χ1n) is 7.26. The van der Waals surface area contributed by atoms with E-state index in [0.717, 1.165) is 32.5 Å². The standard InChI is InChI=1S/C16H28N2O/c1-5-15(17-6-2)14-10-7-8-11-16(14)18(3)12-9-13-19-4/h7-8,10-11,15,17H,5-6,9,12-13H2,1-4H3. The van der Waals surface area contributed by atoms with E-state index in [-0.39, 0.29) is 0 Å². The average molecular weight is 264 g/mol. The highest BCUT2D eigenvalue weighted by Crippen LogP contribution is 2.27. The lowest BCUT2D eigenvalue weighted by Crippen LogP contribution is -2.25. The van der Waals surface area contributed by atoms with Crippen molar-refractivity contribution in [1.29, 1.82) is 0 Å². The van der Waals surface area contributed by atoms with E-state index in [9.17, 15) is 0 Å². The number of nitrogens with zero attached hydrogens (tertiary/aromatic N) is 1. The quantitative estimate of drug-likeness (QED) is 0.693. The van der Waals surface area contributed by atoms with E-state index in [1.54, 1.807) is 7.11 Å². The van der Waals surface area contributed by atoms with E-state index in [1.165, 1.54) is 11.3 Å². The monoisotopic (exact) mass is 264 g/mol. The number of hydrogen-bond acceptors (Lipinski definition) is 3. The van der Waals surface area contributed by atoms with Gasteiger partial charge in [0, 0.05) is 39.0 Å². The Morgan fingerprint density at radius 1 is 1.26 bits per heavy atom. The number of methoxy groups -OCH3 is 1. The van der Waals surface area contributed by atoms with Gasteiger partial charge in [-0.3, -0.25) is 0 Å². The van der Waals surface area contributed by atoms with Crippen LogP contribution < -0.4 is 10.2 Å². The van der Waals surface area contributed by atoms with Crippen LogP contribution in [0.4, 0.5) is 5.69 Å². The van der Waals surface area contributed by atoms with Crippen LogP contribution >= 0.6 is 0 Å². The summed E-state index contributed by atoms with van der Waals surface area (Å²) in [4.78, 5) is 2.33. The zero-order valence-corrected chi connectivity index (χ0v) is 12.8. The van der Waals surface area contributed by atoms with Crippen molar-refractivity contribution >= 4 is 5.69 Å². The fourth-order valence-corrected chi connectivity index (χ4v) is 2.42. The van der Waals surface area contributed by atoms with Gasteiger partial charge in [0.1, 0.15) is 0 Å². The molecule has 1 N–H and O–H groups in total. The molecule has 1 atom stereocenters. The number of para-hydroxylation sites is 1. The van der Waals surface area contributed by atoms with Gasteiger partial charge in [0.05, 0.1) is 0 Å². The summed E-state index contributed by atoms with van der Waals surface area (Å²) < 4.78 is 5.13. The van der Waals surface area contributed by atoms with Crippen LogP contribution in [0.5, 0.6) is 0 Å². The molecule has 3 heteroatoms. The Balaban J connectivity index is 2.81. The van der Waals surface area contributed by atoms with Crippen molar-refractivity contribution < 1.29 is 4.74 Å². The fraction of sp³-hybridized carbons (Fsp3) is 0.625. The summed E-state index contributed by atoms with van der Waals surface area (Å²) in [6.07, 6.45) is 2.16. The Bertz CT molecular complexity index is 354. The van der Waals surface area contributed by atoms with Gasteiger partial charge in [-0.25, -0.2) is 0 Å². The predicted octanol–water partition coefficient (Wildman–Crippen LogP) is 3.22. The van der Waals surface area contributed by atoms with Gasteiger partial charge in [-0.2, -0.15) is 0 Å². The highest BCUT2D eigenvalue weighted by Gasteiger charge is 2.14. The van der Waals surface area contributed by atoms with Gasteiger partial charge in [-0.1, -0.05) is 32.0 Å². The third-order valence-corrected chi connectivity index (χ3v) is 3.42. The summed E-state index contributed by atoms with van der Waals surface area (Å²) >= 11 is 0. The van der Waals surface area contributed by atoms with E-state index < -0.39 is 0 Å². The summed E-state index contributed by atoms with van der Waals surface area (Å²) in [7, 11) is 3.92. The van der Waals surface area contributed by atoms with Crippen LogP contribution in [0, 0.1) is 0 Å². The lowest BCUT2D eigenvalue weighted by atomic mass is 10.0. The SMILES string of the molecule is CCNC(CC)c1ccccc1N(C)CCCOC. The molecule has 0 bridgehead atoms. The molecule has 3 nitrogen and oxygen atoms in total. The number of nitrogens with one attached hydrogen (secondary N) is 1. The Morgan fingerprint density at radius 2 is 2.00 bits per heavy atom. The van der Waals surface area contributed by atoms with Gasteiger partial charge < -0.3 is 15.0 Å². The Hall–Kier alpha value is -1.06. The summed E-state index contributed by atoms with van der Waals surface area (Å²) in [6.45, 7) is 7.23. The van der Waals surface area contributed by atoms with E-state index >= 15 is 0 Å². The molecule has 1 aromatic carbocycles. The predicted molar refractivity (Wildman–Crippen MR) is 82.9 cm³/mol. The second-order valence-electron chi connectivity index (χ2n) is 4.85. The van der Waals surface area contributed by atoms with Gasteiger partial charge in [0.2, 0.25) is 0 Å². The number of anilines is 1. The number of ether oxygens (including phenoxy) is 1. The molecule has 19 heavy (non-hydrogen) atoms. The highest BCUT2D eigenvalue weighted by molar-refractivity contribution is 5.54. The van der Waals surface area contributed by atoms with Crippen LogP contribution in [-0.2, 0) is 4.74 Å². The van der Waals surface area contributed by atoms with Gasteiger partial charge in [-0.15, -0.1) is 0 Å². The fourth-order valence-electron chi connectivity index (χ4n) is 2.42. The van der Waals surface area contributed by atoms with Crippen LogP contribution in [0.1, 0.15) is 38.3 Å². The molecule has 0 aliphatic rings. The second kappa shape index (κ2) is 8.94. The Kier molecular flexibility index (Phi) is 7.53. The summed E-state index contributed by atoms with van der Waals surface area (Å²) in [6, 6.07) is 9.12. The highest BCUT2D eigenvalue weighted by atomic mass is 16.5.